The van der Waals surface area contributed by atoms with E-state index in [-0.39, 0.29) is 35.0 Å². The van der Waals surface area contributed by atoms with Crippen molar-refractivity contribution >= 4 is 28.0 Å². The van der Waals surface area contributed by atoms with Crippen molar-refractivity contribution in [1.29, 1.82) is 0 Å². The van der Waals surface area contributed by atoms with Crippen LogP contribution < -0.4 is 5.32 Å². The zero-order valence-electron chi connectivity index (χ0n) is 19.9. The number of hydrazone groups is 1. The molecule has 3 fully saturated rings. The summed E-state index contributed by atoms with van der Waals surface area (Å²) in [5.41, 5.74) is 0.0489. The molecule has 1 saturated heterocycles. The molecule has 2 unspecified atom stereocenters. The first-order chi connectivity index (χ1) is 16.1. The van der Waals surface area contributed by atoms with Gasteiger partial charge in [-0.3, -0.25) is 14.1 Å². The summed E-state index contributed by atoms with van der Waals surface area (Å²) < 4.78 is 31.0. The van der Waals surface area contributed by atoms with E-state index in [0.29, 0.717) is 12.8 Å². The standard InChI is InChI=1S/C15H19N3O.C10H16O4S/c19-15(13-6-9-16-10-7-13)18-14(8-11-17-18)12-4-2-1-3-5-12;1-9(2)7-3-4-10(9,8(11)5-7)6-15(12,13)14/h1-5,11,13-14,16H,6-10H2;7H,3-6H2,1-2H3,(H,12,13,14)/t14-;/m0./s1. The Morgan fingerprint density at radius 2 is 1.85 bits per heavy atom. The molecule has 0 aromatic heterocycles. The fraction of sp³-hybridized carbons (Fsp3) is 0.640. The predicted octanol–water partition coefficient (Wildman–Crippen LogP) is 3.22. The fourth-order valence-corrected chi connectivity index (χ4v) is 7.55. The predicted molar refractivity (Wildman–Crippen MR) is 130 cm³/mol. The van der Waals surface area contributed by atoms with Crippen molar-refractivity contribution in [3.63, 3.8) is 0 Å². The van der Waals surface area contributed by atoms with Crippen LogP contribution in [0.25, 0.3) is 0 Å². The van der Waals surface area contributed by atoms with Crippen molar-refractivity contribution in [2.24, 2.45) is 27.8 Å². The summed E-state index contributed by atoms with van der Waals surface area (Å²) in [7, 11) is -4.08. The number of ketones is 1. The van der Waals surface area contributed by atoms with Crippen molar-refractivity contribution in [3.8, 4) is 0 Å². The van der Waals surface area contributed by atoms with Crippen LogP contribution in [-0.2, 0) is 19.7 Å². The minimum Gasteiger partial charge on any atom is -0.317 e. The van der Waals surface area contributed by atoms with E-state index in [9.17, 15) is 18.0 Å². The van der Waals surface area contributed by atoms with Gasteiger partial charge >= 0.3 is 0 Å². The second-order valence-electron chi connectivity index (χ2n) is 10.6. The number of nitrogens with one attached hydrogen (secondary N) is 1. The average Bonchev–Trinajstić information content (AvgIpc) is 3.43. The highest BCUT2D eigenvalue weighted by molar-refractivity contribution is 7.85. The molecule has 8 nitrogen and oxygen atoms in total. The van der Waals surface area contributed by atoms with Gasteiger partial charge < -0.3 is 5.32 Å². The minimum absolute atomic E-state index is 0.0152. The largest absolute Gasteiger partial charge is 0.317 e. The zero-order chi connectivity index (χ0) is 24.6. The van der Waals surface area contributed by atoms with Crippen molar-refractivity contribution in [1.82, 2.24) is 10.3 Å². The Hall–Kier alpha value is -2.10. The smallest absolute Gasteiger partial charge is 0.265 e. The van der Waals surface area contributed by atoms with Crippen molar-refractivity contribution < 1.29 is 22.6 Å². The van der Waals surface area contributed by atoms with E-state index in [1.54, 1.807) is 5.01 Å². The Labute approximate surface area is 201 Å². The van der Waals surface area contributed by atoms with Gasteiger partial charge in [0.15, 0.2) is 0 Å². The quantitative estimate of drug-likeness (QED) is 0.628. The highest BCUT2D eigenvalue weighted by Gasteiger charge is 2.65. The third-order valence-corrected chi connectivity index (χ3v) is 9.35. The number of nitrogens with zero attached hydrogens (tertiary/aromatic N) is 2. The van der Waals surface area contributed by atoms with E-state index in [2.05, 4.69) is 22.6 Å². The molecule has 2 saturated carbocycles. The van der Waals surface area contributed by atoms with Crippen LogP contribution in [0, 0.1) is 22.7 Å². The van der Waals surface area contributed by atoms with Crippen molar-refractivity contribution in [2.45, 2.75) is 58.4 Å². The first-order valence-electron chi connectivity index (χ1n) is 12.1. The number of amides is 1. The maximum Gasteiger partial charge on any atom is 0.265 e. The normalized spacial score (nSPS) is 30.3. The zero-order valence-corrected chi connectivity index (χ0v) is 20.8. The number of hydrogen-bond donors (Lipinski definition) is 2. The molecular formula is C25H35N3O5S. The molecule has 2 N–H and O–H groups in total. The van der Waals surface area contributed by atoms with Gasteiger partial charge in [-0.15, -0.1) is 0 Å². The summed E-state index contributed by atoms with van der Waals surface area (Å²) in [6, 6.07) is 10.3. The molecule has 1 aromatic rings. The van der Waals surface area contributed by atoms with E-state index in [1.165, 1.54) is 5.56 Å². The van der Waals surface area contributed by atoms with Gasteiger partial charge in [-0.1, -0.05) is 44.2 Å². The molecule has 2 bridgehead atoms. The molecule has 0 spiro atoms. The van der Waals surface area contributed by atoms with E-state index in [1.807, 2.05) is 38.3 Å². The summed E-state index contributed by atoms with van der Waals surface area (Å²) in [5, 5.41) is 9.30. The summed E-state index contributed by atoms with van der Waals surface area (Å²) >= 11 is 0. The van der Waals surface area contributed by atoms with Gasteiger partial charge in [0.1, 0.15) is 5.78 Å². The third kappa shape index (κ3) is 4.70. The molecule has 9 heteroatoms. The number of hydrogen-bond acceptors (Lipinski definition) is 6. The molecule has 1 amide bonds. The van der Waals surface area contributed by atoms with Crippen LogP contribution in [-0.4, -0.2) is 54.7 Å². The molecular weight excluding hydrogens is 454 g/mol. The first kappa shape index (κ1) is 25.0. The van der Waals surface area contributed by atoms with Crippen LogP contribution in [0.4, 0.5) is 0 Å². The van der Waals surface area contributed by atoms with Gasteiger partial charge in [0, 0.05) is 25.0 Å². The van der Waals surface area contributed by atoms with E-state index < -0.39 is 21.3 Å². The lowest BCUT2D eigenvalue weighted by Crippen LogP contribution is -2.42. The SMILES string of the molecule is CC1(C)C2CCC1(CS(=O)(=O)O)C(=O)C2.O=C(C1CCNCC1)N1N=CC[C@H]1c1ccccc1. The molecule has 1 aromatic carbocycles. The molecule has 2 heterocycles. The Kier molecular flexibility index (Phi) is 6.99. The van der Waals surface area contributed by atoms with E-state index >= 15 is 0 Å². The Bertz CT molecular complexity index is 1050. The lowest BCUT2D eigenvalue weighted by atomic mass is 9.70. The lowest BCUT2D eigenvalue weighted by Gasteiger charge is -2.35. The first-order valence-corrected chi connectivity index (χ1v) is 13.8. The van der Waals surface area contributed by atoms with Gasteiger partial charge in [-0.25, -0.2) is 5.01 Å². The monoisotopic (exact) mass is 489 g/mol. The van der Waals surface area contributed by atoms with E-state index in [4.69, 9.17) is 4.55 Å². The van der Waals surface area contributed by atoms with Crippen molar-refractivity contribution in [2.75, 3.05) is 18.8 Å². The maximum absolute atomic E-state index is 12.6. The van der Waals surface area contributed by atoms with Crippen LogP contribution in [0.2, 0.25) is 0 Å². The van der Waals surface area contributed by atoms with Gasteiger partial charge in [-0.2, -0.15) is 13.5 Å². The number of fused-ring (bicyclic) bond motifs is 2. The number of Topliss-reactive ketones (excluding diaryl/α,β-unsaturated/α-hetero) is 1. The van der Waals surface area contributed by atoms with E-state index in [0.717, 1.165) is 38.8 Å². The molecule has 2 aliphatic carbocycles. The van der Waals surface area contributed by atoms with Crippen LogP contribution in [0.1, 0.15) is 64.0 Å². The maximum atomic E-state index is 12.6. The van der Waals surface area contributed by atoms with Crippen LogP contribution in [0.15, 0.2) is 35.4 Å². The highest BCUT2D eigenvalue weighted by Crippen LogP contribution is 2.64. The summed E-state index contributed by atoms with van der Waals surface area (Å²) in [6.45, 7) is 5.76. The molecule has 0 radical (unpaired) electrons. The summed E-state index contributed by atoms with van der Waals surface area (Å²) in [4.78, 5) is 24.4. The minimum atomic E-state index is -4.08. The topological polar surface area (TPSA) is 116 Å². The van der Waals surface area contributed by atoms with Gasteiger partial charge in [0.05, 0.1) is 17.2 Å². The van der Waals surface area contributed by atoms with Crippen LogP contribution in [0.3, 0.4) is 0 Å². The molecule has 2 aliphatic heterocycles. The number of carbonyl (C=O) groups is 2. The highest BCUT2D eigenvalue weighted by atomic mass is 32.2. The number of benzene rings is 1. The van der Waals surface area contributed by atoms with Crippen molar-refractivity contribution in [3.05, 3.63) is 35.9 Å². The summed E-state index contributed by atoms with van der Waals surface area (Å²) in [5.74, 6) is 0.211. The second-order valence-corrected chi connectivity index (χ2v) is 12.0. The molecule has 186 valence electrons. The fourth-order valence-electron chi connectivity index (χ4n) is 6.25. The lowest BCUT2D eigenvalue weighted by molar-refractivity contribution is -0.138. The second kappa shape index (κ2) is 9.51. The summed E-state index contributed by atoms with van der Waals surface area (Å²) in [6.07, 6.45) is 6.50. The number of piperidine rings is 1. The average molecular weight is 490 g/mol. The Morgan fingerprint density at radius 3 is 2.41 bits per heavy atom. The van der Waals surface area contributed by atoms with Gasteiger partial charge in [0.25, 0.3) is 10.1 Å². The Balaban J connectivity index is 0.000000166. The van der Waals surface area contributed by atoms with Crippen LogP contribution in [0.5, 0.6) is 0 Å². The van der Waals surface area contributed by atoms with Gasteiger partial charge in [0.2, 0.25) is 5.91 Å². The van der Waals surface area contributed by atoms with Gasteiger partial charge in [-0.05, 0) is 55.7 Å². The molecule has 4 aliphatic rings. The molecule has 5 rings (SSSR count). The molecule has 3 atom stereocenters. The Morgan fingerprint density at radius 1 is 1.18 bits per heavy atom. The van der Waals surface area contributed by atoms with Crippen LogP contribution >= 0.6 is 0 Å². The number of rotatable bonds is 4. The third-order valence-electron chi connectivity index (χ3n) is 8.50. The molecule has 34 heavy (non-hydrogen) atoms. The number of carbonyl (C=O) groups excluding carboxylic acids is 2.